The van der Waals surface area contributed by atoms with E-state index in [2.05, 4.69) is 27.5 Å². The summed E-state index contributed by atoms with van der Waals surface area (Å²) >= 11 is 0. The quantitative estimate of drug-likeness (QED) is 0.792. The van der Waals surface area contributed by atoms with E-state index < -0.39 is 0 Å². The van der Waals surface area contributed by atoms with Gasteiger partial charge in [0.25, 0.3) is 0 Å². The van der Waals surface area contributed by atoms with Crippen molar-refractivity contribution in [2.24, 2.45) is 11.8 Å². The molecule has 1 aliphatic heterocycles. The number of rotatable bonds is 5. The minimum absolute atomic E-state index is 0.588. The van der Waals surface area contributed by atoms with Crippen LogP contribution in [0.4, 0.5) is 5.82 Å². The molecule has 1 saturated carbocycles. The Balaban J connectivity index is 1.59. The highest BCUT2D eigenvalue weighted by atomic mass is 16.5. The summed E-state index contributed by atoms with van der Waals surface area (Å²) in [5, 5.41) is 6.84. The zero-order valence-electron chi connectivity index (χ0n) is 10.0. The van der Waals surface area contributed by atoms with Gasteiger partial charge in [-0.05, 0) is 18.3 Å². The molecule has 2 fully saturated rings. The number of anilines is 1. The Hall–Kier alpha value is -1.36. The lowest BCUT2D eigenvalue weighted by molar-refractivity contribution is 0.305. The molecule has 2 aliphatic rings. The fourth-order valence-electron chi connectivity index (χ4n) is 2.51. The molecule has 3 rings (SSSR count). The predicted molar refractivity (Wildman–Crippen MR) is 65.1 cm³/mol. The molecule has 2 atom stereocenters. The molecule has 0 spiro atoms. The van der Waals surface area contributed by atoms with E-state index in [4.69, 9.17) is 4.74 Å². The highest BCUT2D eigenvalue weighted by Crippen LogP contribution is 2.43. The Morgan fingerprint density at radius 2 is 2.24 bits per heavy atom. The average molecular weight is 234 g/mol. The molecular formula is C12H18N4O. The molecule has 92 valence electrons. The third-order valence-electron chi connectivity index (χ3n) is 3.50. The number of aromatic nitrogens is 2. The first-order chi connectivity index (χ1) is 8.38. The molecule has 0 radical (unpaired) electrons. The van der Waals surface area contributed by atoms with Crippen LogP contribution in [0.2, 0.25) is 0 Å². The van der Waals surface area contributed by atoms with Gasteiger partial charge in [-0.1, -0.05) is 6.92 Å². The Labute approximate surface area is 101 Å². The van der Waals surface area contributed by atoms with Crippen molar-refractivity contribution in [3.63, 3.8) is 0 Å². The second kappa shape index (κ2) is 4.49. The number of nitrogens with one attached hydrogen (secondary N) is 2. The van der Waals surface area contributed by atoms with Crippen LogP contribution < -0.4 is 15.4 Å². The van der Waals surface area contributed by atoms with Crippen molar-refractivity contribution in [3.05, 3.63) is 12.4 Å². The minimum Gasteiger partial charge on any atom is -0.478 e. The molecule has 1 saturated heterocycles. The van der Waals surface area contributed by atoms with Gasteiger partial charge in [0, 0.05) is 25.2 Å². The third kappa shape index (κ3) is 2.20. The summed E-state index contributed by atoms with van der Waals surface area (Å²) in [4.78, 5) is 8.32. The zero-order chi connectivity index (χ0) is 11.7. The van der Waals surface area contributed by atoms with Gasteiger partial charge in [-0.3, -0.25) is 0 Å². The van der Waals surface area contributed by atoms with Gasteiger partial charge in [0.2, 0.25) is 5.88 Å². The highest BCUT2D eigenvalue weighted by Gasteiger charge is 2.53. The first-order valence-corrected chi connectivity index (χ1v) is 6.30. The van der Waals surface area contributed by atoms with E-state index in [1.54, 1.807) is 6.33 Å². The Morgan fingerprint density at radius 3 is 3.00 bits per heavy atom. The summed E-state index contributed by atoms with van der Waals surface area (Å²) in [7, 11) is 0. The van der Waals surface area contributed by atoms with Crippen LogP contribution in [0.1, 0.15) is 13.3 Å². The molecule has 1 aliphatic carbocycles. The number of hydrogen-bond acceptors (Lipinski definition) is 5. The summed E-state index contributed by atoms with van der Waals surface area (Å²) in [5.74, 6) is 3.11. The zero-order valence-corrected chi connectivity index (χ0v) is 10.0. The van der Waals surface area contributed by atoms with Crippen LogP contribution in [-0.4, -0.2) is 35.7 Å². The molecule has 5 heteroatoms. The standard InChI is InChI=1S/C12H18N4O/c1-2-3-17-11-4-10(14-7-15-11)16-12-8-5-13-6-9(8)12/h4,7-9,12-13H,2-3,5-6H2,1H3,(H,14,15,16). The van der Waals surface area contributed by atoms with Crippen LogP contribution in [0.5, 0.6) is 5.88 Å². The lowest BCUT2D eigenvalue weighted by Gasteiger charge is -2.09. The normalized spacial score (nSPS) is 29.8. The summed E-state index contributed by atoms with van der Waals surface area (Å²) in [6.45, 7) is 5.05. The topological polar surface area (TPSA) is 59.1 Å². The van der Waals surface area contributed by atoms with Crippen molar-refractivity contribution < 1.29 is 4.74 Å². The van der Waals surface area contributed by atoms with Crippen LogP contribution in [0.25, 0.3) is 0 Å². The fourth-order valence-corrected chi connectivity index (χ4v) is 2.51. The van der Waals surface area contributed by atoms with Gasteiger partial charge in [-0.15, -0.1) is 0 Å². The molecular weight excluding hydrogens is 216 g/mol. The number of fused-ring (bicyclic) bond motifs is 1. The van der Waals surface area contributed by atoms with Crippen molar-refractivity contribution >= 4 is 5.82 Å². The monoisotopic (exact) mass is 234 g/mol. The molecule has 2 heterocycles. The highest BCUT2D eigenvalue weighted by molar-refractivity contribution is 5.41. The van der Waals surface area contributed by atoms with Gasteiger partial charge in [-0.25, -0.2) is 9.97 Å². The van der Waals surface area contributed by atoms with Crippen molar-refractivity contribution in [3.8, 4) is 5.88 Å². The van der Waals surface area contributed by atoms with Gasteiger partial charge < -0.3 is 15.4 Å². The average Bonchev–Trinajstić information content (AvgIpc) is 2.79. The largest absolute Gasteiger partial charge is 0.478 e. The van der Waals surface area contributed by atoms with Crippen LogP contribution >= 0.6 is 0 Å². The maximum absolute atomic E-state index is 5.49. The van der Waals surface area contributed by atoms with Gasteiger partial charge >= 0.3 is 0 Å². The maximum Gasteiger partial charge on any atom is 0.218 e. The van der Waals surface area contributed by atoms with Crippen LogP contribution in [0, 0.1) is 11.8 Å². The van der Waals surface area contributed by atoms with Gasteiger partial charge in [0.15, 0.2) is 0 Å². The van der Waals surface area contributed by atoms with E-state index in [1.807, 2.05) is 6.07 Å². The van der Waals surface area contributed by atoms with Crippen LogP contribution in [0.3, 0.4) is 0 Å². The van der Waals surface area contributed by atoms with Crippen molar-refractivity contribution in [2.45, 2.75) is 19.4 Å². The lowest BCUT2D eigenvalue weighted by atomic mass is 10.4. The number of piperidine rings is 1. The molecule has 5 nitrogen and oxygen atoms in total. The smallest absolute Gasteiger partial charge is 0.218 e. The second-order valence-electron chi connectivity index (χ2n) is 4.75. The van der Waals surface area contributed by atoms with E-state index in [0.29, 0.717) is 18.5 Å². The Bertz CT molecular complexity index is 388. The van der Waals surface area contributed by atoms with Gasteiger partial charge in [-0.2, -0.15) is 0 Å². The minimum atomic E-state index is 0.588. The van der Waals surface area contributed by atoms with E-state index in [9.17, 15) is 0 Å². The summed E-state index contributed by atoms with van der Waals surface area (Å²) in [5.41, 5.74) is 0. The van der Waals surface area contributed by atoms with Crippen LogP contribution in [-0.2, 0) is 0 Å². The first-order valence-electron chi connectivity index (χ1n) is 6.30. The van der Waals surface area contributed by atoms with E-state index in [-0.39, 0.29) is 0 Å². The van der Waals surface area contributed by atoms with E-state index in [1.165, 1.54) is 0 Å². The van der Waals surface area contributed by atoms with Crippen molar-refractivity contribution in [1.82, 2.24) is 15.3 Å². The molecule has 1 aromatic heterocycles. The molecule has 0 bridgehead atoms. The number of ether oxygens (including phenoxy) is 1. The van der Waals surface area contributed by atoms with Gasteiger partial charge in [0.05, 0.1) is 6.61 Å². The number of hydrogen-bond donors (Lipinski definition) is 2. The summed E-state index contributed by atoms with van der Waals surface area (Å²) < 4.78 is 5.49. The van der Waals surface area contributed by atoms with Crippen molar-refractivity contribution in [1.29, 1.82) is 0 Å². The molecule has 17 heavy (non-hydrogen) atoms. The molecule has 0 amide bonds. The fraction of sp³-hybridized carbons (Fsp3) is 0.667. The van der Waals surface area contributed by atoms with Gasteiger partial charge in [0.1, 0.15) is 12.1 Å². The SMILES string of the molecule is CCCOc1cc(NC2C3CNCC32)ncn1. The predicted octanol–water partition coefficient (Wildman–Crippen LogP) is 0.895. The molecule has 2 N–H and O–H groups in total. The molecule has 2 unspecified atom stereocenters. The van der Waals surface area contributed by atoms with E-state index in [0.717, 1.165) is 37.2 Å². The summed E-state index contributed by atoms with van der Waals surface area (Å²) in [6.07, 6.45) is 2.55. The van der Waals surface area contributed by atoms with Crippen molar-refractivity contribution in [2.75, 3.05) is 25.0 Å². The molecule has 1 aromatic rings. The second-order valence-corrected chi connectivity index (χ2v) is 4.75. The van der Waals surface area contributed by atoms with Crippen LogP contribution in [0.15, 0.2) is 12.4 Å². The summed E-state index contributed by atoms with van der Waals surface area (Å²) in [6, 6.07) is 2.47. The Morgan fingerprint density at radius 1 is 1.41 bits per heavy atom. The first kappa shape index (κ1) is 10.8. The Kier molecular flexibility index (Phi) is 2.84. The van der Waals surface area contributed by atoms with E-state index >= 15 is 0 Å². The number of nitrogens with zero attached hydrogens (tertiary/aromatic N) is 2. The maximum atomic E-state index is 5.49. The molecule has 0 aromatic carbocycles. The third-order valence-corrected chi connectivity index (χ3v) is 3.50. The lowest BCUT2D eigenvalue weighted by Crippen LogP contribution is -2.21.